The summed E-state index contributed by atoms with van der Waals surface area (Å²) >= 11 is 0. The molecule has 0 spiro atoms. The summed E-state index contributed by atoms with van der Waals surface area (Å²) in [5.74, 6) is -1.27. The molecular formula is C17H18N2O5S. The summed E-state index contributed by atoms with van der Waals surface area (Å²) < 4.78 is 28.1. The highest BCUT2D eigenvalue weighted by Gasteiger charge is 2.33. The molecule has 2 N–H and O–H groups in total. The largest absolute Gasteiger partial charge is 0.484 e. The molecule has 0 aliphatic carbocycles. The molecule has 1 heterocycles. The second-order valence-electron chi connectivity index (χ2n) is 5.94. The van der Waals surface area contributed by atoms with Gasteiger partial charge in [-0.2, -0.15) is 0 Å². The first-order valence-corrected chi connectivity index (χ1v) is 9.66. The van der Waals surface area contributed by atoms with Gasteiger partial charge >= 0.3 is 0 Å². The molecule has 1 fully saturated rings. The molecule has 1 aliphatic heterocycles. The first kappa shape index (κ1) is 17.2. The van der Waals surface area contributed by atoms with Crippen molar-refractivity contribution >= 4 is 32.4 Å². The summed E-state index contributed by atoms with van der Waals surface area (Å²) in [7, 11) is -3.14. The molecule has 0 aromatic heterocycles. The highest BCUT2D eigenvalue weighted by Crippen LogP contribution is 2.20. The quantitative estimate of drug-likeness (QED) is 0.784. The minimum absolute atomic E-state index is 0.00408. The second kappa shape index (κ2) is 7.10. The molecule has 2 aromatic rings. The van der Waals surface area contributed by atoms with Gasteiger partial charge in [0.25, 0.3) is 5.91 Å². The van der Waals surface area contributed by atoms with Crippen molar-refractivity contribution in [2.75, 3.05) is 18.1 Å². The van der Waals surface area contributed by atoms with Crippen LogP contribution in [0.15, 0.2) is 42.5 Å². The fourth-order valence-electron chi connectivity index (χ4n) is 2.68. The Labute approximate surface area is 145 Å². The Balaban J connectivity index is 1.47. The standard InChI is InChI=1S/C17H18N2O5S/c20-16(18-19-17(21)14-7-8-25(22,23)11-14)10-24-15-6-5-12-3-1-2-4-13(12)9-15/h1-6,9,14H,7-8,10-11H2,(H,18,20)(H,19,21)/t14-/m0/s1. The van der Waals surface area contributed by atoms with E-state index in [4.69, 9.17) is 4.74 Å². The van der Waals surface area contributed by atoms with Gasteiger partial charge in [-0.3, -0.25) is 20.4 Å². The zero-order chi connectivity index (χ0) is 17.9. The number of carbonyl (C=O) groups excluding carboxylic acids is 2. The van der Waals surface area contributed by atoms with Gasteiger partial charge in [0.15, 0.2) is 16.4 Å². The predicted molar refractivity (Wildman–Crippen MR) is 92.5 cm³/mol. The Morgan fingerprint density at radius 2 is 1.84 bits per heavy atom. The molecule has 0 bridgehead atoms. The van der Waals surface area contributed by atoms with Crippen molar-refractivity contribution in [3.8, 4) is 5.75 Å². The van der Waals surface area contributed by atoms with Gasteiger partial charge in [-0.15, -0.1) is 0 Å². The van der Waals surface area contributed by atoms with Gasteiger partial charge in [0.1, 0.15) is 5.75 Å². The minimum atomic E-state index is -3.14. The molecule has 0 radical (unpaired) electrons. The van der Waals surface area contributed by atoms with Crippen molar-refractivity contribution in [3.63, 3.8) is 0 Å². The molecule has 3 rings (SSSR count). The van der Waals surface area contributed by atoms with Crippen LogP contribution < -0.4 is 15.6 Å². The van der Waals surface area contributed by atoms with E-state index < -0.39 is 27.6 Å². The van der Waals surface area contributed by atoms with E-state index in [1.165, 1.54) is 0 Å². The number of rotatable bonds is 4. The summed E-state index contributed by atoms with van der Waals surface area (Å²) in [4.78, 5) is 23.6. The van der Waals surface area contributed by atoms with Gasteiger partial charge in [0.2, 0.25) is 5.91 Å². The number of benzene rings is 2. The van der Waals surface area contributed by atoms with Crippen LogP contribution in [0.4, 0.5) is 0 Å². The van der Waals surface area contributed by atoms with Gasteiger partial charge < -0.3 is 4.74 Å². The molecule has 132 valence electrons. The first-order valence-electron chi connectivity index (χ1n) is 7.84. The molecule has 8 heteroatoms. The number of hydrogen-bond acceptors (Lipinski definition) is 5. The topological polar surface area (TPSA) is 102 Å². The summed E-state index contributed by atoms with van der Waals surface area (Å²) in [5.41, 5.74) is 4.48. The number of carbonyl (C=O) groups is 2. The van der Waals surface area contributed by atoms with Crippen LogP contribution in [0.2, 0.25) is 0 Å². The van der Waals surface area contributed by atoms with Crippen LogP contribution in [0, 0.1) is 5.92 Å². The molecule has 2 aromatic carbocycles. The van der Waals surface area contributed by atoms with Crippen molar-refractivity contribution < 1.29 is 22.7 Å². The zero-order valence-corrected chi connectivity index (χ0v) is 14.2. The van der Waals surface area contributed by atoms with Gasteiger partial charge in [-0.05, 0) is 29.3 Å². The van der Waals surface area contributed by atoms with Crippen molar-refractivity contribution in [2.24, 2.45) is 5.92 Å². The van der Waals surface area contributed by atoms with E-state index >= 15 is 0 Å². The predicted octanol–water partition coefficient (Wildman–Crippen LogP) is 0.801. The third-order valence-corrected chi connectivity index (χ3v) is 5.79. The summed E-state index contributed by atoms with van der Waals surface area (Å²) in [6.45, 7) is -0.262. The van der Waals surface area contributed by atoms with Crippen LogP contribution in [0.25, 0.3) is 10.8 Å². The monoisotopic (exact) mass is 362 g/mol. The zero-order valence-electron chi connectivity index (χ0n) is 13.4. The smallest absolute Gasteiger partial charge is 0.276 e. The number of ether oxygens (including phenoxy) is 1. The van der Waals surface area contributed by atoms with Gasteiger partial charge in [0.05, 0.1) is 17.4 Å². The van der Waals surface area contributed by atoms with Crippen LogP contribution >= 0.6 is 0 Å². The third-order valence-electron chi connectivity index (χ3n) is 4.02. The fourth-order valence-corrected chi connectivity index (χ4v) is 4.42. The Hall–Kier alpha value is -2.61. The Morgan fingerprint density at radius 1 is 1.08 bits per heavy atom. The lowest BCUT2D eigenvalue weighted by Crippen LogP contribution is -2.46. The summed E-state index contributed by atoms with van der Waals surface area (Å²) in [5, 5.41) is 2.06. The molecule has 1 aliphatic rings. The number of fused-ring (bicyclic) bond motifs is 1. The maximum Gasteiger partial charge on any atom is 0.276 e. The van der Waals surface area contributed by atoms with E-state index in [2.05, 4.69) is 10.9 Å². The second-order valence-corrected chi connectivity index (χ2v) is 8.16. The average molecular weight is 362 g/mol. The normalized spacial score (nSPS) is 18.6. The van der Waals surface area contributed by atoms with Crippen molar-refractivity contribution in [3.05, 3.63) is 42.5 Å². The number of nitrogens with one attached hydrogen (secondary N) is 2. The molecule has 2 amide bonds. The van der Waals surface area contributed by atoms with E-state index in [9.17, 15) is 18.0 Å². The summed E-state index contributed by atoms with van der Waals surface area (Å²) in [6, 6.07) is 13.3. The van der Waals surface area contributed by atoms with E-state index in [1.54, 1.807) is 6.07 Å². The Bertz CT molecular complexity index is 910. The molecule has 25 heavy (non-hydrogen) atoms. The van der Waals surface area contributed by atoms with E-state index in [1.807, 2.05) is 36.4 Å². The SMILES string of the molecule is O=C(COc1ccc2ccccc2c1)NNC(=O)[C@H]1CCS(=O)(=O)C1. The molecule has 7 nitrogen and oxygen atoms in total. The van der Waals surface area contributed by atoms with Gasteiger partial charge in [-0.25, -0.2) is 8.42 Å². The molecule has 1 saturated heterocycles. The first-order chi connectivity index (χ1) is 11.9. The number of sulfone groups is 1. The van der Waals surface area contributed by atoms with Gasteiger partial charge in [0, 0.05) is 0 Å². The van der Waals surface area contributed by atoms with Crippen molar-refractivity contribution in [2.45, 2.75) is 6.42 Å². The van der Waals surface area contributed by atoms with Crippen LogP contribution in [0.1, 0.15) is 6.42 Å². The molecular weight excluding hydrogens is 344 g/mol. The average Bonchev–Trinajstić information content (AvgIpc) is 2.97. The summed E-state index contributed by atoms with van der Waals surface area (Å²) in [6.07, 6.45) is 0.275. The lowest BCUT2D eigenvalue weighted by molar-refractivity contribution is -0.131. The lowest BCUT2D eigenvalue weighted by Gasteiger charge is -2.11. The van der Waals surface area contributed by atoms with Crippen molar-refractivity contribution in [1.29, 1.82) is 0 Å². The fraction of sp³-hybridized carbons (Fsp3) is 0.294. The van der Waals surface area contributed by atoms with Crippen LogP contribution in [-0.2, 0) is 19.4 Å². The van der Waals surface area contributed by atoms with Crippen LogP contribution in [0.3, 0.4) is 0 Å². The van der Waals surface area contributed by atoms with Gasteiger partial charge in [-0.1, -0.05) is 30.3 Å². The maximum atomic E-state index is 11.8. The number of hydrazine groups is 1. The Kier molecular flexibility index (Phi) is 4.89. The highest BCUT2D eigenvalue weighted by molar-refractivity contribution is 7.91. The van der Waals surface area contributed by atoms with Crippen LogP contribution in [-0.4, -0.2) is 38.3 Å². The minimum Gasteiger partial charge on any atom is -0.484 e. The molecule has 0 saturated carbocycles. The van der Waals surface area contributed by atoms with Crippen molar-refractivity contribution in [1.82, 2.24) is 10.9 Å². The molecule has 1 atom stereocenters. The van der Waals surface area contributed by atoms with E-state index in [-0.39, 0.29) is 24.5 Å². The number of hydrogen-bond donors (Lipinski definition) is 2. The number of amides is 2. The maximum absolute atomic E-state index is 11.8. The Morgan fingerprint density at radius 3 is 2.56 bits per heavy atom. The highest BCUT2D eigenvalue weighted by atomic mass is 32.2. The lowest BCUT2D eigenvalue weighted by atomic mass is 10.1. The van der Waals surface area contributed by atoms with E-state index in [0.29, 0.717) is 5.75 Å². The van der Waals surface area contributed by atoms with E-state index in [0.717, 1.165) is 10.8 Å². The van der Waals surface area contributed by atoms with Crippen LogP contribution in [0.5, 0.6) is 5.75 Å². The molecule has 0 unspecified atom stereocenters. The third kappa shape index (κ3) is 4.48.